The summed E-state index contributed by atoms with van der Waals surface area (Å²) < 4.78 is 0. The Balaban J connectivity index is 2.60. The fourth-order valence-corrected chi connectivity index (χ4v) is 2.27. The van der Waals surface area contributed by atoms with Crippen molar-refractivity contribution in [1.29, 1.82) is 0 Å². The lowest BCUT2D eigenvalue weighted by molar-refractivity contribution is 0.756. The number of nitrogens with zero attached hydrogens (tertiary/aromatic N) is 4. The molecule has 1 rings (SSSR count). The average molecular weight is 290 g/mol. The summed E-state index contributed by atoms with van der Waals surface area (Å²) in [5, 5.41) is 3.46. The summed E-state index contributed by atoms with van der Waals surface area (Å²) in [6.45, 7) is 4.28. The van der Waals surface area contributed by atoms with Gasteiger partial charge in [0.1, 0.15) is 0 Å². The Bertz CT molecular complexity index is 374. The third kappa shape index (κ3) is 5.27. The van der Waals surface area contributed by atoms with Crippen molar-refractivity contribution in [3.05, 3.63) is 5.28 Å². The van der Waals surface area contributed by atoms with Crippen LogP contribution >= 0.6 is 23.4 Å². The first-order chi connectivity index (χ1) is 8.52. The lowest BCUT2D eigenvalue weighted by Gasteiger charge is -2.15. The van der Waals surface area contributed by atoms with Gasteiger partial charge < -0.3 is 10.2 Å². The maximum atomic E-state index is 5.87. The molecule has 0 aliphatic rings. The van der Waals surface area contributed by atoms with E-state index in [1.54, 1.807) is 4.90 Å². The molecule has 102 valence electrons. The number of rotatable bonds is 7. The van der Waals surface area contributed by atoms with Gasteiger partial charge in [0.25, 0.3) is 0 Å². The van der Waals surface area contributed by atoms with Gasteiger partial charge in [-0.25, -0.2) is 0 Å². The van der Waals surface area contributed by atoms with E-state index in [-0.39, 0.29) is 5.28 Å². The summed E-state index contributed by atoms with van der Waals surface area (Å²) in [7, 11) is 3.74. The number of thioether (sulfide) groups is 1. The van der Waals surface area contributed by atoms with Crippen molar-refractivity contribution in [1.82, 2.24) is 15.0 Å². The molecular formula is C11H20ClN5S. The van der Waals surface area contributed by atoms with Gasteiger partial charge in [0.2, 0.25) is 17.2 Å². The highest BCUT2D eigenvalue weighted by Crippen LogP contribution is 2.13. The van der Waals surface area contributed by atoms with Gasteiger partial charge in [0.15, 0.2) is 0 Å². The molecule has 1 unspecified atom stereocenters. The monoisotopic (exact) mass is 289 g/mol. The maximum Gasteiger partial charge on any atom is 0.230 e. The van der Waals surface area contributed by atoms with Crippen molar-refractivity contribution in [2.75, 3.05) is 35.8 Å². The van der Waals surface area contributed by atoms with Crippen LogP contribution in [0.4, 0.5) is 11.9 Å². The van der Waals surface area contributed by atoms with E-state index < -0.39 is 0 Å². The van der Waals surface area contributed by atoms with Crippen molar-refractivity contribution < 1.29 is 0 Å². The topological polar surface area (TPSA) is 53.9 Å². The molecule has 1 aromatic rings. The average Bonchev–Trinajstić information content (AvgIpc) is 2.28. The molecule has 0 spiro atoms. The predicted molar refractivity (Wildman–Crippen MR) is 79.9 cm³/mol. The molecule has 0 aliphatic heterocycles. The van der Waals surface area contributed by atoms with E-state index in [4.69, 9.17) is 11.6 Å². The molecule has 1 atom stereocenters. The van der Waals surface area contributed by atoms with Gasteiger partial charge >= 0.3 is 0 Å². The van der Waals surface area contributed by atoms with E-state index in [0.29, 0.717) is 17.9 Å². The summed E-state index contributed by atoms with van der Waals surface area (Å²) in [6.07, 6.45) is 1.07. The first-order valence-corrected chi connectivity index (χ1v) is 7.49. The first-order valence-electron chi connectivity index (χ1n) is 5.96. The van der Waals surface area contributed by atoms with E-state index in [9.17, 15) is 0 Å². The van der Waals surface area contributed by atoms with Crippen LogP contribution in [0.15, 0.2) is 0 Å². The number of anilines is 2. The minimum absolute atomic E-state index is 0.214. The quantitative estimate of drug-likeness (QED) is 0.779. The minimum Gasteiger partial charge on any atom is -0.352 e. The van der Waals surface area contributed by atoms with E-state index >= 15 is 0 Å². The van der Waals surface area contributed by atoms with Gasteiger partial charge in [-0.1, -0.05) is 6.92 Å². The van der Waals surface area contributed by atoms with Crippen molar-refractivity contribution >= 4 is 35.3 Å². The van der Waals surface area contributed by atoms with Gasteiger partial charge in [0, 0.05) is 20.1 Å². The number of hydrogen-bond donors (Lipinski definition) is 1. The molecule has 0 aliphatic carbocycles. The predicted octanol–water partition coefficient (Wildman–Crippen LogP) is 2.53. The van der Waals surface area contributed by atoms with E-state index in [1.807, 2.05) is 25.9 Å². The fraction of sp³-hybridized carbons (Fsp3) is 0.727. The zero-order chi connectivity index (χ0) is 13.5. The van der Waals surface area contributed by atoms with E-state index in [2.05, 4.69) is 34.1 Å². The normalized spacial score (nSPS) is 12.3. The molecule has 1 N–H and O–H groups in total. The van der Waals surface area contributed by atoms with Gasteiger partial charge in [-0.05, 0) is 36.5 Å². The Kier molecular flexibility index (Phi) is 6.49. The van der Waals surface area contributed by atoms with Gasteiger partial charge in [-0.3, -0.25) is 0 Å². The second-order valence-corrected chi connectivity index (χ2v) is 5.89. The van der Waals surface area contributed by atoms with Crippen LogP contribution in [-0.2, 0) is 0 Å². The van der Waals surface area contributed by atoms with Crippen LogP contribution in [0.5, 0.6) is 0 Å². The number of halogens is 1. The zero-order valence-corrected chi connectivity index (χ0v) is 12.8. The van der Waals surface area contributed by atoms with Crippen LogP contribution in [0.25, 0.3) is 0 Å². The maximum absolute atomic E-state index is 5.87. The minimum atomic E-state index is 0.214. The number of nitrogens with one attached hydrogen (secondary N) is 1. The molecule has 0 fully saturated rings. The highest BCUT2D eigenvalue weighted by atomic mass is 35.5. The highest BCUT2D eigenvalue weighted by molar-refractivity contribution is 7.99. The van der Waals surface area contributed by atoms with Crippen molar-refractivity contribution in [3.8, 4) is 0 Å². The Morgan fingerprint density at radius 3 is 2.67 bits per heavy atom. The lowest BCUT2D eigenvalue weighted by atomic mass is 10.3. The largest absolute Gasteiger partial charge is 0.352 e. The van der Waals surface area contributed by atoms with Crippen molar-refractivity contribution in [3.63, 3.8) is 0 Å². The molecule has 18 heavy (non-hydrogen) atoms. The fourth-order valence-electron chi connectivity index (χ4n) is 1.30. The molecule has 1 heterocycles. The van der Waals surface area contributed by atoms with Gasteiger partial charge in [-0.15, -0.1) is 0 Å². The van der Waals surface area contributed by atoms with E-state index in [1.165, 1.54) is 0 Å². The number of aromatic nitrogens is 3. The van der Waals surface area contributed by atoms with Crippen molar-refractivity contribution in [2.45, 2.75) is 26.3 Å². The standard InChI is InChI=1S/C11H20ClN5S/c1-5-18-7-6-8(2)13-10-14-9(12)15-11(16-10)17(3)4/h8H,5-7H2,1-4H3,(H,13,14,15,16). The molecule has 7 heteroatoms. The van der Waals surface area contributed by atoms with Crippen LogP contribution in [0.3, 0.4) is 0 Å². The second kappa shape index (κ2) is 7.63. The molecule has 1 aromatic heterocycles. The highest BCUT2D eigenvalue weighted by Gasteiger charge is 2.09. The first kappa shape index (κ1) is 15.3. The molecule has 0 amide bonds. The van der Waals surface area contributed by atoms with Crippen LogP contribution in [0.2, 0.25) is 5.28 Å². The lowest BCUT2D eigenvalue weighted by Crippen LogP contribution is -2.20. The summed E-state index contributed by atoms with van der Waals surface area (Å²) in [6, 6.07) is 0.317. The molecule has 0 saturated carbocycles. The molecule has 5 nitrogen and oxygen atoms in total. The third-order valence-corrected chi connectivity index (χ3v) is 3.37. The SMILES string of the molecule is CCSCCC(C)Nc1nc(Cl)nc(N(C)C)n1. The summed E-state index contributed by atoms with van der Waals surface area (Å²) >= 11 is 7.80. The molecular weight excluding hydrogens is 270 g/mol. The molecule has 0 bridgehead atoms. The van der Waals surface area contributed by atoms with Gasteiger partial charge in [0.05, 0.1) is 0 Å². The summed E-state index contributed by atoms with van der Waals surface area (Å²) in [5.74, 6) is 3.37. The van der Waals surface area contributed by atoms with Crippen LogP contribution in [-0.4, -0.2) is 46.6 Å². The zero-order valence-electron chi connectivity index (χ0n) is 11.3. The van der Waals surface area contributed by atoms with Gasteiger partial charge in [-0.2, -0.15) is 26.7 Å². The Hall–Kier alpha value is -0.750. The number of hydrogen-bond acceptors (Lipinski definition) is 6. The Labute approximate surface area is 118 Å². The second-order valence-electron chi connectivity index (χ2n) is 4.15. The molecule has 0 radical (unpaired) electrons. The Morgan fingerprint density at radius 1 is 1.33 bits per heavy atom. The smallest absolute Gasteiger partial charge is 0.230 e. The van der Waals surface area contributed by atoms with Crippen LogP contribution < -0.4 is 10.2 Å². The Morgan fingerprint density at radius 2 is 2.06 bits per heavy atom. The van der Waals surface area contributed by atoms with Crippen LogP contribution in [0.1, 0.15) is 20.3 Å². The third-order valence-electron chi connectivity index (χ3n) is 2.27. The summed E-state index contributed by atoms with van der Waals surface area (Å²) in [5.41, 5.74) is 0. The van der Waals surface area contributed by atoms with Crippen molar-refractivity contribution in [2.24, 2.45) is 0 Å². The molecule has 0 aromatic carbocycles. The molecule has 0 saturated heterocycles. The summed E-state index contributed by atoms with van der Waals surface area (Å²) in [4.78, 5) is 14.2. The van der Waals surface area contributed by atoms with Crippen LogP contribution in [0, 0.1) is 0 Å². The van der Waals surface area contributed by atoms with E-state index in [0.717, 1.165) is 17.9 Å².